The predicted octanol–water partition coefficient (Wildman–Crippen LogP) is 3.30. The first kappa shape index (κ1) is 18.9. The van der Waals surface area contributed by atoms with Crippen LogP contribution in [0.2, 0.25) is 0 Å². The monoisotopic (exact) mass is 374 g/mol. The van der Waals surface area contributed by atoms with Crippen LogP contribution < -0.4 is 0 Å². The number of likely N-dealkylation sites (tertiary alicyclic amines) is 2. The number of aromatic nitrogens is 2. The number of nitrogens with one attached hydrogen (secondary N) is 1. The highest BCUT2D eigenvalue weighted by molar-refractivity contribution is 5.94. The number of carbonyl (C=O) groups is 1. The maximum absolute atomic E-state index is 13.2. The van der Waals surface area contributed by atoms with Crippen LogP contribution in [-0.2, 0) is 11.2 Å². The smallest absolute Gasteiger partial charge is 0.274 e. The zero-order valence-electron chi connectivity index (χ0n) is 17.1. The van der Waals surface area contributed by atoms with Crippen molar-refractivity contribution in [2.75, 3.05) is 26.2 Å². The Morgan fingerprint density at radius 1 is 1.19 bits per heavy atom. The lowest BCUT2D eigenvalue weighted by Gasteiger charge is -2.50. The minimum Gasteiger partial charge on any atom is -0.369 e. The van der Waals surface area contributed by atoms with E-state index in [1.807, 2.05) is 11.8 Å². The normalized spacial score (nSPS) is 28.8. The van der Waals surface area contributed by atoms with Crippen molar-refractivity contribution in [3.8, 4) is 0 Å². The van der Waals surface area contributed by atoms with Gasteiger partial charge in [0.05, 0.1) is 17.9 Å². The summed E-state index contributed by atoms with van der Waals surface area (Å²) in [6.07, 6.45) is 8.22. The van der Waals surface area contributed by atoms with Gasteiger partial charge in [-0.15, -0.1) is 0 Å². The van der Waals surface area contributed by atoms with Gasteiger partial charge in [0.15, 0.2) is 5.69 Å². The van der Waals surface area contributed by atoms with E-state index in [4.69, 9.17) is 4.74 Å². The van der Waals surface area contributed by atoms with Gasteiger partial charge in [-0.1, -0.05) is 13.3 Å². The SMILES string of the molecule is CCC1(N2CCCCC2)CCN(C(=O)c2n[nH]c3c2C[C@H](C)O[C@@H]3C)CC1. The number of piperidine rings is 2. The van der Waals surface area contributed by atoms with Gasteiger partial charge >= 0.3 is 0 Å². The second-order valence-corrected chi connectivity index (χ2v) is 8.68. The lowest BCUT2D eigenvalue weighted by Crippen LogP contribution is -2.57. The van der Waals surface area contributed by atoms with Gasteiger partial charge in [-0.2, -0.15) is 5.10 Å². The highest BCUT2D eigenvalue weighted by Crippen LogP contribution is 2.36. The molecule has 1 aromatic rings. The van der Waals surface area contributed by atoms with Crippen LogP contribution in [0, 0.1) is 0 Å². The van der Waals surface area contributed by atoms with Gasteiger partial charge in [0.25, 0.3) is 5.91 Å². The van der Waals surface area contributed by atoms with Crippen LogP contribution in [0.15, 0.2) is 0 Å². The van der Waals surface area contributed by atoms with Crippen LogP contribution >= 0.6 is 0 Å². The quantitative estimate of drug-likeness (QED) is 0.882. The van der Waals surface area contributed by atoms with Crippen molar-refractivity contribution < 1.29 is 9.53 Å². The highest BCUT2D eigenvalue weighted by Gasteiger charge is 2.40. The Balaban J connectivity index is 1.46. The molecule has 4 rings (SSSR count). The van der Waals surface area contributed by atoms with Crippen molar-refractivity contribution in [2.24, 2.45) is 0 Å². The zero-order chi connectivity index (χ0) is 19.0. The van der Waals surface area contributed by atoms with E-state index in [2.05, 4.69) is 28.9 Å². The average Bonchev–Trinajstić information content (AvgIpc) is 3.12. The average molecular weight is 375 g/mol. The van der Waals surface area contributed by atoms with Crippen molar-refractivity contribution in [1.82, 2.24) is 20.0 Å². The Labute approximate surface area is 162 Å². The van der Waals surface area contributed by atoms with Crippen molar-refractivity contribution in [1.29, 1.82) is 0 Å². The summed E-state index contributed by atoms with van der Waals surface area (Å²) >= 11 is 0. The fourth-order valence-electron chi connectivity index (χ4n) is 5.39. The minimum absolute atomic E-state index is 0.0222. The number of hydrogen-bond donors (Lipinski definition) is 1. The number of nitrogens with zero attached hydrogens (tertiary/aromatic N) is 3. The Bertz CT molecular complexity index is 672. The predicted molar refractivity (Wildman–Crippen MR) is 105 cm³/mol. The van der Waals surface area contributed by atoms with Crippen LogP contribution in [0.5, 0.6) is 0 Å². The molecule has 150 valence electrons. The summed E-state index contributed by atoms with van der Waals surface area (Å²) in [5.41, 5.74) is 2.95. The molecule has 1 N–H and O–H groups in total. The van der Waals surface area contributed by atoms with Crippen molar-refractivity contribution in [3.63, 3.8) is 0 Å². The zero-order valence-corrected chi connectivity index (χ0v) is 17.1. The summed E-state index contributed by atoms with van der Waals surface area (Å²) in [6, 6.07) is 0. The number of fused-ring (bicyclic) bond motifs is 1. The molecule has 0 saturated carbocycles. The molecule has 0 aliphatic carbocycles. The summed E-state index contributed by atoms with van der Waals surface area (Å²) in [6.45, 7) is 10.5. The number of rotatable bonds is 3. The Kier molecular flexibility index (Phi) is 5.30. The number of aromatic amines is 1. The lowest BCUT2D eigenvalue weighted by molar-refractivity contribution is -0.00720. The molecular weight excluding hydrogens is 340 g/mol. The molecule has 1 aromatic heterocycles. The van der Waals surface area contributed by atoms with E-state index in [1.165, 1.54) is 38.8 Å². The molecule has 0 unspecified atom stereocenters. The van der Waals surface area contributed by atoms with Gasteiger partial charge < -0.3 is 9.64 Å². The van der Waals surface area contributed by atoms with E-state index >= 15 is 0 Å². The topological polar surface area (TPSA) is 61.5 Å². The number of H-pyrrole nitrogens is 1. The molecule has 2 atom stereocenters. The molecule has 3 aliphatic rings. The van der Waals surface area contributed by atoms with Crippen LogP contribution in [0.3, 0.4) is 0 Å². The molecule has 4 heterocycles. The first-order valence-corrected chi connectivity index (χ1v) is 10.8. The number of ether oxygens (including phenoxy) is 1. The Morgan fingerprint density at radius 2 is 1.89 bits per heavy atom. The molecule has 0 spiro atoms. The van der Waals surface area contributed by atoms with Gasteiger partial charge in [0.1, 0.15) is 0 Å². The number of amides is 1. The van der Waals surface area contributed by atoms with E-state index in [9.17, 15) is 4.79 Å². The molecule has 6 nitrogen and oxygen atoms in total. The molecule has 0 bridgehead atoms. The Morgan fingerprint density at radius 3 is 2.56 bits per heavy atom. The maximum Gasteiger partial charge on any atom is 0.274 e. The van der Waals surface area contributed by atoms with Gasteiger partial charge in [-0.05, 0) is 59.0 Å². The van der Waals surface area contributed by atoms with Crippen molar-refractivity contribution in [3.05, 3.63) is 17.0 Å². The molecule has 0 aromatic carbocycles. The summed E-state index contributed by atoms with van der Waals surface area (Å²) in [4.78, 5) is 18.0. The Hall–Kier alpha value is -1.40. The minimum atomic E-state index is -0.0222. The fraction of sp³-hybridized carbons (Fsp3) is 0.810. The molecule has 6 heteroatoms. The van der Waals surface area contributed by atoms with Crippen molar-refractivity contribution >= 4 is 5.91 Å². The molecule has 27 heavy (non-hydrogen) atoms. The number of hydrogen-bond acceptors (Lipinski definition) is 4. The molecule has 3 aliphatic heterocycles. The summed E-state index contributed by atoms with van der Waals surface area (Å²) in [5.74, 6) is 0.0946. The van der Waals surface area contributed by atoms with Gasteiger partial charge in [-0.25, -0.2) is 0 Å². The third-order valence-corrected chi connectivity index (χ3v) is 7.10. The van der Waals surface area contributed by atoms with Crippen LogP contribution in [0.4, 0.5) is 0 Å². The van der Waals surface area contributed by atoms with E-state index in [0.29, 0.717) is 11.2 Å². The standard InChI is InChI=1S/C21H34N4O2/c1-4-21(25-10-6-5-7-11-25)8-12-24(13-9-21)20(26)19-17-14-15(2)27-16(3)18(17)22-23-19/h15-16H,4-14H2,1-3H3,(H,22,23)/t15-,16+/m0/s1. The third-order valence-electron chi connectivity index (χ3n) is 7.10. The molecule has 1 amide bonds. The van der Waals surface area contributed by atoms with E-state index in [1.54, 1.807) is 0 Å². The van der Waals surface area contributed by atoms with E-state index in [0.717, 1.165) is 43.6 Å². The van der Waals surface area contributed by atoms with Crippen molar-refractivity contribution in [2.45, 2.75) is 83.5 Å². The van der Waals surface area contributed by atoms with E-state index in [-0.39, 0.29) is 18.1 Å². The van der Waals surface area contributed by atoms with Crippen LogP contribution in [0.1, 0.15) is 87.1 Å². The van der Waals surface area contributed by atoms with Crippen LogP contribution in [0.25, 0.3) is 0 Å². The maximum atomic E-state index is 13.2. The fourth-order valence-corrected chi connectivity index (χ4v) is 5.39. The molecule has 2 saturated heterocycles. The number of carbonyl (C=O) groups excluding carboxylic acids is 1. The largest absolute Gasteiger partial charge is 0.369 e. The van der Waals surface area contributed by atoms with Gasteiger partial charge in [0, 0.05) is 30.6 Å². The summed E-state index contributed by atoms with van der Waals surface area (Å²) in [5, 5.41) is 7.46. The lowest BCUT2D eigenvalue weighted by atomic mass is 9.81. The van der Waals surface area contributed by atoms with Gasteiger partial charge in [0.2, 0.25) is 0 Å². The second kappa shape index (κ2) is 7.55. The molecule has 2 fully saturated rings. The molecule has 0 radical (unpaired) electrons. The van der Waals surface area contributed by atoms with E-state index < -0.39 is 0 Å². The first-order chi connectivity index (χ1) is 13.0. The summed E-state index contributed by atoms with van der Waals surface area (Å²) in [7, 11) is 0. The first-order valence-electron chi connectivity index (χ1n) is 10.8. The summed E-state index contributed by atoms with van der Waals surface area (Å²) < 4.78 is 5.86. The highest BCUT2D eigenvalue weighted by atomic mass is 16.5. The second-order valence-electron chi connectivity index (χ2n) is 8.68. The van der Waals surface area contributed by atoms with Crippen LogP contribution in [-0.4, -0.2) is 63.7 Å². The third kappa shape index (κ3) is 3.42. The molecular formula is C21H34N4O2. The van der Waals surface area contributed by atoms with Gasteiger partial charge in [-0.3, -0.25) is 14.8 Å².